The Morgan fingerprint density at radius 3 is 2.22 bits per heavy atom. The maximum absolute atomic E-state index is 13.1. The van der Waals surface area contributed by atoms with Gasteiger partial charge in [-0.05, 0) is 24.3 Å². The van der Waals surface area contributed by atoms with Gasteiger partial charge in [-0.3, -0.25) is 0 Å². The van der Waals surface area contributed by atoms with Gasteiger partial charge in [-0.1, -0.05) is 24.3 Å². The summed E-state index contributed by atoms with van der Waals surface area (Å²) in [6.07, 6.45) is -8.00. The van der Waals surface area contributed by atoms with E-state index in [2.05, 4.69) is 9.97 Å². The summed E-state index contributed by atoms with van der Waals surface area (Å²) in [5.74, 6) is -0.595. The van der Waals surface area contributed by atoms with E-state index in [4.69, 9.17) is 4.74 Å². The Bertz CT molecular complexity index is 953. The van der Waals surface area contributed by atoms with Crippen molar-refractivity contribution in [2.75, 3.05) is 0 Å². The number of ether oxygens (including phenoxy) is 1. The molecule has 0 aliphatic rings. The van der Waals surface area contributed by atoms with E-state index >= 15 is 0 Å². The number of aromatic nitrogens is 2. The second kappa shape index (κ2) is 6.90. The molecule has 9 heteroatoms. The standard InChI is InChI=1S/C18H10F6N2O/c19-17(20,21)11-4-3-5-12(10-11)27-15-8-9-25-16(26-15)13-6-1-2-7-14(13)18(22,23)24/h1-10H. The fourth-order valence-corrected chi connectivity index (χ4v) is 2.31. The highest BCUT2D eigenvalue weighted by atomic mass is 19.4. The van der Waals surface area contributed by atoms with Gasteiger partial charge in [-0.15, -0.1) is 0 Å². The molecule has 1 aromatic heterocycles. The lowest BCUT2D eigenvalue weighted by atomic mass is 10.1. The van der Waals surface area contributed by atoms with Crippen LogP contribution in [0.4, 0.5) is 26.3 Å². The van der Waals surface area contributed by atoms with Crippen LogP contribution in [-0.4, -0.2) is 9.97 Å². The van der Waals surface area contributed by atoms with Crippen LogP contribution in [0.1, 0.15) is 11.1 Å². The van der Waals surface area contributed by atoms with Crippen molar-refractivity contribution >= 4 is 0 Å². The molecule has 0 aliphatic heterocycles. The van der Waals surface area contributed by atoms with Crippen LogP contribution in [0, 0.1) is 0 Å². The summed E-state index contributed by atoms with van der Waals surface area (Å²) < 4.78 is 83.0. The molecule has 0 bridgehead atoms. The van der Waals surface area contributed by atoms with Crippen molar-refractivity contribution in [3.05, 3.63) is 71.9 Å². The average molecular weight is 384 g/mol. The van der Waals surface area contributed by atoms with E-state index in [-0.39, 0.29) is 23.0 Å². The summed E-state index contributed by atoms with van der Waals surface area (Å²) in [6.45, 7) is 0. The first-order chi connectivity index (χ1) is 12.6. The number of hydrogen-bond donors (Lipinski definition) is 0. The van der Waals surface area contributed by atoms with Crippen LogP contribution in [0.5, 0.6) is 11.6 Å². The molecule has 0 atom stereocenters. The Balaban J connectivity index is 1.94. The van der Waals surface area contributed by atoms with Gasteiger partial charge in [-0.2, -0.15) is 31.3 Å². The summed E-state index contributed by atoms with van der Waals surface area (Å²) in [6, 6.07) is 10.0. The number of hydrogen-bond acceptors (Lipinski definition) is 3. The van der Waals surface area contributed by atoms with E-state index in [1.165, 1.54) is 36.5 Å². The van der Waals surface area contributed by atoms with Gasteiger partial charge in [0.15, 0.2) is 5.82 Å². The number of rotatable bonds is 3. The molecule has 0 spiro atoms. The Morgan fingerprint density at radius 1 is 0.778 bits per heavy atom. The van der Waals surface area contributed by atoms with Gasteiger partial charge >= 0.3 is 12.4 Å². The predicted molar refractivity (Wildman–Crippen MR) is 84.0 cm³/mol. The number of halogens is 6. The van der Waals surface area contributed by atoms with Crippen molar-refractivity contribution in [2.24, 2.45) is 0 Å². The third-order valence-electron chi connectivity index (χ3n) is 3.49. The minimum absolute atomic E-state index is 0.154. The third kappa shape index (κ3) is 4.36. The summed E-state index contributed by atoms with van der Waals surface area (Å²) >= 11 is 0. The highest BCUT2D eigenvalue weighted by molar-refractivity contribution is 5.61. The molecule has 140 valence electrons. The van der Waals surface area contributed by atoms with Crippen LogP contribution in [-0.2, 0) is 12.4 Å². The van der Waals surface area contributed by atoms with E-state index in [1.54, 1.807) is 0 Å². The van der Waals surface area contributed by atoms with Crippen molar-refractivity contribution in [2.45, 2.75) is 12.4 Å². The lowest BCUT2D eigenvalue weighted by Crippen LogP contribution is -2.08. The molecule has 3 aromatic rings. The Labute approximate surface area is 149 Å². The van der Waals surface area contributed by atoms with Crippen molar-refractivity contribution in [3.8, 4) is 23.0 Å². The second-order valence-corrected chi connectivity index (χ2v) is 5.39. The van der Waals surface area contributed by atoms with Crippen LogP contribution in [0.25, 0.3) is 11.4 Å². The number of nitrogens with zero attached hydrogens (tertiary/aromatic N) is 2. The maximum atomic E-state index is 13.1. The van der Waals surface area contributed by atoms with Crippen LogP contribution < -0.4 is 4.74 Å². The van der Waals surface area contributed by atoms with Crippen molar-refractivity contribution < 1.29 is 31.1 Å². The Kier molecular flexibility index (Phi) is 4.77. The first kappa shape index (κ1) is 18.7. The molecule has 3 nitrogen and oxygen atoms in total. The van der Waals surface area contributed by atoms with Crippen LogP contribution in [0.15, 0.2) is 60.8 Å². The minimum atomic E-state index is -4.61. The highest BCUT2D eigenvalue weighted by Crippen LogP contribution is 2.36. The van der Waals surface area contributed by atoms with Gasteiger partial charge in [0.1, 0.15) is 5.75 Å². The molecule has 0 aliphatic carbocycles. The molecule has 0 saturated carbocycles. The quantitative estimate of drug-likeness (QED) is 0.522. The molecule has 0 fully saturated rings. The molecule has 0 amide bonds. The average Bonchev–Trinajstić information content (AvgIpc) is 2.61. The van der Waals surface area contributed by atoms with Crippen LogP contribution in [0.2, 0.25) is 0 Å². The minimum Gasteiger partial charge on any atom is -0.439 e. The van der Waals surface area contributed by atoms with E-state index in [9.17, 15) is 26.3 Å². The zero-order valence-electron chi connectivity index (χ0n) is 13.3. The number of benzene rings is 2. The third-order valence-corrected chi connectivity index (χ3v) is 3.49. The van der Waals surface area contributed by atoms with E-state index < -0.39 is 23.5 Å². The lowest BCUT2D eigenvalue weighted by Gasteiger charge is -2.12. The summed E-state index contributed by atoms with van der Waals surface area (Å²) in [4.78, 5) is 7.70. The molecular weight excluding hydrogens is 374 g/mol. The molecule has 1 heterocycles. The van der Waals surface area contributed by atoms with Crippen molar-refractivity contribution in [1.82, 2.24) is 9.97 Å². The van der Waals surface area contributed by atoms with Crippen molar-refractivity contribution in [1.29, 1.82) is 0 Å². The Morgan fingerprint density at radius 2 is 1.52 bits per heavy atom. The highest BCUT2D eigenvalue weighted by Gasteiger charge is 2.34. The first-order valence-corrected chi connectivity index (χ1v) is 7.49. The first-order valence-electron chi connectivity index (χ1n) is 7.49. The largest absolute Gasteiger partial charge is 0.439 e. The molecule has 3 rings (SSSR count). The molecular formula is C18H10F6N2O. The Hall–Kier alpha value is -3.10. The van der Waals surface area contributed by atoms with E-state index in [0.29, 0.717) is 0 Å². The lowest BCUT2D eigenvalue weighted by molar-refractivity contribution is -0.138. The van der Waals surface area contributed by atoms with Crippen LogP contribution >= 0.6 is 0 Å². The summed E-state index contributed by atoms with van der Waals surface area (Å²) in [5, 5.41) is 0. The fourth-order valence-electron chi connectivity index (χ4n) is 2.31. The van der Waals surface area contributed by atoms with Gasteiger partial charge in [0.05, 0.1) is 11.1 Å². The van der Waals surface area contributed by atoms with Gasteiger partial charge in [-0.25, -0.2) is 4.98 Å². The molecule has 0 unspecified atom stereocenters. The van der Waals surface area contributed by atoms with Gasteiger partial charge in [0.2, 0.25) is 5.88 Å². The van der Waals surface area contributed by atoms with Crippen molar-refractivity contribution in [3.63, 3.8) is 0 Å². The summed E-state index contributed by atoms with van der Waals surface area (Å²) in [7, 11) is 0. The zero-order valence-corrected chi connectivity index (χ0v) is 13.3. The van der Waals surface area contributed by atoms with Gasteiger partial charge < -0.3 is 4.74 Å². The molecule has 2 aromatic carbocycles. The number of alkyl halides is 6. The zero-order chi connectivity index (χ0) is 19.7. The monoisotopic (exact) mass is 384 g/mol. The van der Waals surface area contributed by atoms with E-state index in [0.717, 1.165) is 24.3 Å². The second-order valence-electron chi connectivity index (χ2n) is 5.39. The molecule has 27 heavy (non-hydrogen) atoms. The maximum Gasteiger partial charge on any atom is 0.417 e. The van der Waals surface area contributed by atoms with E-state index in [1.807, 2.05) is 0 Å². The molecule has 0 saturated heterocycles. The van der Waals surface area contributed by atoms with Gasteiger partial charge in [0.25, 0.3) is 0 Å². The predicted octanol–water partition coefficient (Wildman–Crippen LogP) is 5.97. The smallest absolute Gasteiger partial charge is 0.417 e. The summed E-state index contributed by atoms with van der Waals surface area (Å²) in [5.41, 5.74) is -2.11. The normalized spacial score (nSPS) is 12.1. The van der Waals surface area contributed by atoms with Gasteiger partial charge in [0, 0.05) is 17.8 Å². The van der Waals surface area contributed by atoms with Crippen LogP contribution in [0.3, 0.4) is 0 Å². The SMILES string of the molecule is FC(F)(F)c1cccc(Oc2ccnc(-c3ccccc3C(F)(F)F)n2)c1. The fraction of sp³-hybridized carbons (Fsp3) is 0.111. The topological polar surface area (TPSA) is 35.0 Å². The molecule has 0 N–H and O–H groups in total. The molecule has 0 radical (unpaired) electrons.